The number of para-hydroxylation sites is 1. The molecule has 0 heterocycles. The second-order valence-corrected chi connectivity index (χ2v) is 13.6. The van der Waals surface area contributed by atoms with Gasteiger partial charge in [-0.1, -0.05) is 80.7 Å². The van der Waals surface area contributed by atoms with E-state index in [1.807, 2.05) is 12.1 Å². The van der Waals surface area contributed by atoms with Gasteiger partial charge >= 0.3 is 0 Å². The van der Waals surface area contributed by atoms with E-state index >= 15 is 0 Å². The molecule has 3 atom stereocenters. The predicted octanol–water partition coefficient (Wildman–Crippen LogP) is 4.43. The molecule has 0 radical (unpaired) electrons. The van der Waals surface area contributed by atoms with E-state index in [1.54, 1.807) is 6.07 Å². The highest BCUT2D eigenvalue weighted by Crippen LogP contribution is 2.51. The molecule has 0 saturated heterocycles. The lowest BCUT2D eigenvalue weighted by molar-refractivity contribution is 0.124. The predicted molar refractivity (Wildman–Crippen MR) is 107 cm³/mol. The second-order valence-electron chi connectivity index (χ2n) is 8.93. The van der Waals surface area contributed by atoms with Crippen molar-refractivity contribution in [3.05, 3.63) is 60.2 Å². The molecule has 0 amide bonds. The van der Waals surface area contributed by atoms with Crippen LogP contribution in [0.25, 0.3) is 0 Å². The summed E-state index contributed by atoms with van der Waals surface area (Å²) in [6.45, 7) is 9.24. The van der Waals surface area contributed by atoms with Crippen molar-refractivity contribution in [1.29, 1.82) is 0 Å². The first-order chi connectivity index (χ1) is 11.7. The molecule has 25 heavy (non-hydrogen) atoms. The van der Waals surface area contributed by atoms with E-state index in [4.69, 9.17) is 0 Å². The first-order valence-corrected chi connectivity index (χ1v) is 12.3. The number of hydrogen-bond donors (Lipinski definition) is 2. The Hall–Kier alpha value is -1.58. The normalized spacial score (nSPS) is 24.2. The van der Waals surface area contributed by atoms with Gasteiger partial charge in [0.25, 0.3) is 0 Å². The van der Waals surface area contributed by atoms with Gasteiger partial charge in [-0.2, -0.15) is 0 Å². The van der Waals surface area contributed by atoms with Crippen molar-refractivity contribution in [2.75, 3.05) is 0 Å². The summed E-state index contributed by atoms with van der Waals surface area (Å²) in [7, 11) is -1.97. The Kier molecular flexibility index (Phi) is 4.82. The van der Waals surface area contributed by atoms with E-state index in [-0.39, 0.29) is 23.0 Å². The number of hydrogen-bond acceptors (Lipinski definition) is 2. The van der Waals surface area contributed by atoms with Gasteiger partial charge in [0, 0.05) is 0 Å². The van der Waals surface area contributed by atoms with Crippen LogP contribution in [0.4, 0.5) is 0 Å². The smallest absolute Gasteiger partial charge is 0.118 e. The lowest BCUT2D eigenvalue weighted by atomic mass is 9.88. The number of phenolic OH excluding ortho intramolecular Hbond substituents is 1. The van der Waals surface area contributed by atoms with Gasteiger partial charge in [-0.15, -0.1) is 0 Å². The number of aromatic hydroxyl groups is 1. The van der Waals surface area contributed by atoms with Crippen LogP contribution < -0.4 is 5.19 Å². The molecule has 0 spiro atoms. The average Bonchev–Trinajstić information content (AvgIpc) is 2.83. The molecule has 0 aromatic heterocycles. The monoisotopic (exact) mass is 354 g/mol. The van der Waals surface area contributed by atoms with Crippen molar-refractivity contribution in [2.45, 2.75) is 51.4 Å². The average molecular weight is 355 g/mol. The third-order valence-electron chi connectivity index (χ3n) is 6.04. The maximum atomic E-state index is 10.9. The van der Waals surface area contributed by atoms with Crippen molar-refractivity contribution < 1.29 is 10.2 Å². The molecule has 0 bridgehead atoms. The van der Waals surface area contributed by atoms with E-state index in [1.165, 1.54) is 5.19 Å². The molecule has 1 fully saturated rings. The van der Waals surface area contributed by atoms with Crippen LogP contribution in [0.2, 0.25) is 13.1 Å². The Balaban J connectivity index is 2.12. The van der Waals surface area contributed by atoms with E-state index in [0.29, 0.717) is 5.75 Å². The molecule has 1 saturated carbocycles. The lowest BCUT2D eigenvalue weighted by Gasteiger charge is -2.39. The Labute approximate surface area is 152 Å². The number of aliphatic hydroxyl groups is 1. The third kappa shape index (κ3) is 3.53. The fourth-order valence-corrected chi connectivity index (χ4v) is 8.71. The summed E-state index contributed by atoms with van der Waals surface area (Å²) in [4.78, 5) is 0. The first kappa shape index (κ1) is 18.2. The Morgan fingerprint density at radius 1 is 0.960 bits per heavy atom. The summed E-state index contributed by atoms with van der Waals surface area (Å²) in [5.74, 6) is 0.547. The number of rotatable bonds is 4. The molecule has 1 aliphatic rings. The van der Waals surface area contributed by atoms with Crippen LogP contribution in [0.5, 0.6) is 5.75 Å². The fourth-order valence-electron chi connectivity index (χ4n) is 4.87. The third-order valence-corrected chi connectivity index (χ3v) is 10.2. The van der Waals surface area contributed by atoms with Crippen LogP contribution in [0.1, 0.15) is 37.8 Å². The van der Waals surface area contributed by atoms with Crippen LogP contribution in [0, 0.1) is 11.3 Å². The minimum absolute atomic E-state index is 0.147. The summed E-state index contributed by atoms with van der Waals surface area (Å²) in [5, 5.41) is 22.9. The summed E-state index contributed by atoms with van der Waals surface area (Å²) in [6.07, 6.45) is 1.52. The van der Waals surface area contributed by atoms with Crippen LogP contribution >= 0.6 is 0 Å². The Bertz CT molecular complexity index is 724. The second kappa shape index (κ2) is 6.62. The minimum Gasteiger partial charge on any atom is -0.508 e. The number of aliphatic hydroxyl groups excluding tert-OH is 1. The quantitative estimate of drug-likeness (QED) is 0.798. The summed E-state index contributed by atoms with van der Waals surface area (Å²) < 4.78 is 0. The minimum atomic E-state index is -1.97. The molecule has 1 aliphatic carbocycles. The van der Waals surface area contributed by atoms with Crippen molar-refractivity contribution in [3.63, 3.8) is 0 Å². The molecule has 134 valence electrons. The molecule has 2 N–H and O–H groups in total. The van der Waals surface area contributed by atoms with Gasteiger partial charge in [0.2, 0.25) is 0 Å². The highest BCUT2D eigenvalue weighted by Gasteiger charge is 2.49. The molecular weight excluding hydrogens is 324 g/mol. The van der Waals surface area contributed by atoms with Gasteiger partial charge in [-0.25, -0.2) is 0 Å². The molecule has 3 rings (SSSR count). The van der Waals surface area contributed by atoms with Crippen molar-refractivity contribution in [2.24, 2.45) is 11.3 Å². The number of benzene rings is 2. The van der Waals surface area contributed by atoms with E-state index in [9.17, 15) is 10.2 Å². The van der Waals surface area contributed by atoms with Gasteiger partial charge < -0.3 is 10.2 Å². The van der Waals surface area contributed by atoms with E-state index in [0.717, 1.165) is 18.4 Å². The summed E-state index contributed by atoms with van der Waals surface area (Å²) in [6, 6.07) is 18.4. The first-order valence-electron chi connectivity index (χ1n) is 9.24. The number of phenols is 1. The van der Waals surface area contributed by atoms with Crippen molar-refractivity contribution in [1.82, 2.24) is 0 Å². The molecular formula is C22H30O2Si. The van der Waals surface area contributed by atoms with Gasteiger partial charge in [-0.3, -0.25) is 0 Å². The molecule has 0 unspecified atom stereocenters. The standard InChI is InChI=1S/C22H30O2Si/c1-22(2)14-18(20(24)15-22)21(17-12-8-9-13-19(17)23)25(3,4)16-10-6-5-7-11-16/h5-13,18,20-21,23-24H,14-15H2,1-4H3/t18-,20-,21+/m0/s1. The summed E-state index contributed by atoms with van der Waals surface area (Å²) in [5.41, 5.74) is 1.34. The van der Waals surface area contributed by atoms with Gasteiger partial charge in [0.15, 0.2) is 0 Å². The zero-order chi connectivity index (χ0) is 18.2. The largest absolute Gasteiger partial charge is 0.508 e. The fraction of sp³-hybridized carbons (Fsp3) is 0.455. The van der Waals surface area contributed by atoms with Gasteiger partial charge in [-0.05, 0) is 41.3 Å². The van der Waals surface area contributed by atoms with Crippen LogP contribution in [0.3, 0.4) is 0 Å². The Morgan fingerprint density at radius 2 is 1.56 bits per heavy atom. The maximum absolute atomic E-state index is 10.9. The van der Waals surface area contributed by atoms with Gasteiger partial charge in [0.05, 0.1) is 14.2 Å². The molecule has 2 nitrogen and oxygen atoms in total. The van der Waals surface area contributed by atoms with Gasteiger partial charge in [0.1, 0.15) is 5.75 Å². The zero-order valence-electron chi connectivity index (χ0n) is 15.7. The van der Waals surface area contributed by atoms with E-state index in [2.05, 4.69) is 63.3 Å². The molecule has 0 aliphatic heterocycles. The molecule has 3 heteroatoms. The summed E-state index contributed by atoms with van der Waals surface area (Å²) >= 11 is 0. The zero-order valence-corrected chi connectivity index (χ0v) is 16.7. The van der Waals surface area contributed by atoms with Crippen molar-refractivity contribution >= 4 is 13.3 Å². The lowest BCUT2D eigenvalue weighted by Crippen LogP contribution is -2.51. The van der Waals surface area contributed by atoms with Crippen LogP contribution in [-0.4, -0.2) is 24.4 Å². The Morgan fingerprint density at radius 3 is 2.12 bits per heavy atom. The molecule has 2 aromatic rings. The van der Waals surface area contributed by atoms with Crippen LogP contribution in [0.15, 0.2) is 54.6 Å². The van der Waals surface area contributed by atoms with Crippen molar-refractivity contribution in [3.8, 4) is 5.75 Å². The van der Waals surface area contributed by atoms with Crippen LogP contribution in [-0.2, 0) is 0 Å². The highest BCUT2D eigenvalue weighted by molar-refractivity contribution is 6.91. The highest BCUT2D eigenvalue weighted by atomic mass is 28.3. The topological polar surface area (TPSA) is 40.5 Å². The van der Waals surface area contributed by atoms with E-state index < -0.39 is 8.07 Å². The SMILES string of the molecule is CC1(C)C[C@H]([C@@H](c2ccccc2O)[Si](C)(C)c2ccccc2)[C@@H](O)C1. The maximum Gasteiger partial charge on any atom is 0.118 e. The molecule has 2 aromatic carbocycles.